The molecule has 2 amide bonds. The molecule has 0 saturated heterocycles. The number of rotatable bonds is 6. The quantitative estimate of drug-likeness (QED) is 0.683. The van der Waals surface area contributed by atoms with E-state index in [0.29, 0.717) is 6.54 Å². The summed E-state index contributed by atoms with van der Waals surface area (Å²) >= 11 is 0. The van der Waals surface area contributed by atoms with Crippen molar-refractivity contribution in [3.05, 3.63) is 18.5 Å². The first-order valence-electron chi connectivity index (χ1n) is 7.27. The molecular formula is C14H24N4O2. The number of nitrogens with zero attached hydrogens (tertiary/aromatic N) is 2. The minimum absolute atomic E-state index is 0.0682. The number of aliphatic hydroxyl groups is 1. The van der Waals surface area contributed by atoms with E-state index < -0.39 is 0 Å². The molecule has 2 rings (SSSR count). The van der Waals surface area contributed by atoms with Crippen molar-refractivity contribution < 1.29 is 9.90 Å². The van der Waals surface area contributed by atoms with Gasteiger partial charge in [0.15, 0.2) is 0 Å². The van der Waals surface area contributed by atoms with E-state index >= 15 is 0 Å². The summed E-state index contributed by atoms with van der Waals surface area (Å²) in [5.41, 5.74) is -0.174. The van der Waals surface area contributed by atoms with Gasteiger partial charge in [0, 0.05) is 36.9 Å². The van der Waals surface area contributed by atoms with E-state index in [2.05, 4.69) is 15.7 Å². The van der Waals surface area contributed by atoms with Crippen LogP contribution in [-0.2, 0) is 6.54 Å². The second-order valence-electron chi connectivity index (χ2n) is 5.78. The predicted octanol–water partition coefficient (Wildman–Crippen LogP) is 1.12. The lowest BCUT2D eigenvalue weighted by atomic mass is 9.86. The van der Waals surface area contributed by atoms with Gasteiger partial charge < -0.3 is 15.7 Å². The van der Waals surface area contributed by atoms with Crippen LogP contribution < -0.4 is 10.6 Å². The first-order valence-corrected chi connectivity index (χ1v) is 7.27. The molecule has 1 heterocycles. The molecule has 20 heavy (non-hydrogen) atoms. The fourth-order valence-corrected chi connectivity index (χ4v) is 2.75. The van der Waals surface area contributed by atoms with Gasteiger partial charge in [0.2, 0.25) is 0 Å². The first-order chi connectivity index (χ1) is 9.64. The highest BCUT2D eigenvalue weighted by Gasteiger charge is 2.38. The third-order valence-corrected chi connectivity index (χ3v) is 4.16. The number of carbonyl (C=O) groups excluding carboxylic acids is 1. The summed E-state index contributed by atoms with van der Waals surface area (Å²) in [6.45, 7) is 3.57. The molecule has 1 aromatic heterocycles. The molecule has 112 valence electrons. The number of aromatic nitrogens is 2. The number of amides is 2. The number of aryl methyl sites for hydroxylation is 1. The molecule has 0 aliphatic heterocycles. The fraction of sp³-hybridized carbons (Fsp3) is 0.714. The Morgan fingerprint density at radius 1 is 1.60 bits per heavy atom. The van der Waals surface area contributed by atoms with Gasteiger partial charge in [0.1, 0.15) is 0 Å². The van der Waals surface area contributed by atoms with Gasteiger partial charge in [-0.15, -0.1) is 0 Å². The summed E-state index contributed by atoms with van der Waals surface area (Å²) in [5, 5.41) is 19.4. The lowest BCUT2D eigenvalue weighted by Crippen LogP contribution is -2.48. The van der Waals surface area contributed by atoms with Gasteiger partial charge in [-0.3, -0.25) is 4.68 Å². The summed E-state index contributed by atoms with van der Waals surface area (Å²) in [7, 11) is 0. The highest BCUT2D eigenvalue weighted by molar-refractivity contribution is 5.74. The average Bonchev–Trinajstić information content (AvgIpc) is 3.06. The second-order valence-corrected chi connectivity index (χ2v) is 5.78. The van der Waals surface area contributed by atoms with E-state index in [1.807, 2.05) is 23.9 Å². The van der Waals surface area contributed by atoms with Crippen LogP contribution in [0.3, 0.4) is 0 Å². The van der Waals surface area contributed by atoms with Crippen molar-refractivity contribution in [2.75, 3.05) is 13.2 Å². The van der Waals surface area contributed by atoms with E-state index in [0.717, 1.165) is 32.2 Å². The fourth-order valence-electron chi connectivity index (χ4n) is 2.75. The highest BCUT2D eigenvalue weighted by atomic mass is 16.3. The SMILES string of the molecule is CC1(CO)CCCC1NC(=O)NCCCn1cccn1. The Hall–Kier alpha value is -1.56. The van der Waals surface area contributed by atoms with Crippen molar-refractivity contribution in [3.8, 4) is 0 Å². The minimum Gasteiger partial charge on any atom is -0.396 e. The highest BCUT2D eigenvalue weighted by Crippen LogP contribution is 2.37. The van der Waals surface area contributed by atoms with Gasteiger partial charge >= 0.3 is 6.03 Å². The van der Waals surface area contributed by atoms with E-state index in [1.54, 1.807) is 6.20 Å². The minimum atomic E-state index is -0.174. The van der Waals surface area contributed by atoms with Gasteiger partial charge in [-0.05, 0) is 25.3 Å². The molecule has 1 aromatic rings. The summed E-state index contributed by atoms with van der Waals surface area (Å²) in [5.74, 6) is 0. The third kappa shape index (κ3) is 3.72. The number of nitrogens with one attached hydrogen (secondary N) is 2. The van der Waals surface area contributed by atoms with Crippen molar-refractivity contribution in [1.82, 2.24) is 20.4 Å². The molecular weight excluding hydrogens is 256 g/mol. The first kappa shape index (κ1) is 14.8. The Morgan fingerprint density at radius 2 is 2.45 bits per heavy atom. The number of urea groups is 1. The standard InChI is InChI=1S/C14H24N4O2/c1-14(11-19)6-2-5-12(14)17-13(20)15-7-3-9-18-10-4-8-16-18/h4,8,10,12,19H,2-3,5-7,9,11H2,1H3,(H2,15,17,20). The van der Waals surface area contributed by atoms with Crippen molar-refractivity contribution in [2.24, 2.45) is 5.41 Å². The van der Waals surface area contributed by atoms with E-state index in [1.165, 1.54) is 0 Å². The number of carbonyl (C=O) groups is 1. The van der Waals surface area contributed by atoms with E-state index in [-0.39, 0.29) is 24.1 Å². The van der Waals surface area contributed by atoms with Crippen LogP contribution in [0.5, 0.6) is 0 Å². The molecule has 3 N–H and O–H groups in total. The number of hydrogen-bond donors (Lipinski definition) is 3. The average molecular weight is 280 g/mol. The van der Waals surface area contributed by atoms with Gasteiger partial charge in [0.25, 0.3) is 0 Å². The summed E-state index contributed by atoms with van der Waals surface area (Å²) < 4.78 is 1.85. The van der Waals surface area contributed by atoms with Crippen LogP contribution in [-0.4, -0.2) is 40.1 Å². The Morgan fingerprint density at radius 3 is 3.15 bits per heavy atom. The van der Waals surface area contributed by atoms with Crippen LogP contribution in [0.25, 0.3) is 0 Å². The Balaban J connectivity index is 1.65. The Kier molecular flexibility index (Phi) is 5.00. The molecule has 1 aliphatic carbocycles. The second kappa shape index (κ2) is 6.74. The molecule has 0 spiro atoms. The zero-order valence-electron chi connectivity index (χ0n) is 12.0. The van der Waals surface area contributed by atoms with Crippen molar-refractivity contribution in [3.63, 3.8) is 0 Å². The van der Waals surface area contributed by atoms with Crippen LogP contribution in [0.4, 0.5) is 4.79 Å². The largest absolute Gasteiger partial charge is 0.396 e. The topological polar surface area (TPSA) is 79.2 Å². The lowest BCUT2D eigenvalue weighted by Gasteiger charge is -2.30. The summed E-state index contributed by atoms with van der Waals surface area (Å²) in [4.78, 5) is 11.8. The van der Waals surface area contributed by atoms with E-state index in [4.69, 9.17) is 0 Å². The molecule has 2 unspecified atom stereocenters. The van der Waals surface area contributed by atoms with Crippen LogP contribution in [0.1, 0.15) is 32.6 Å². The normalized spacial score (nSPS) is 25.6. The maximum Gasteiger partial charge on any atom is 0.315 e. The number of hydrogen-bond acceptors (Lipinski definition) is 3. The van der Waals surface area contributed by atoms with Crippen LogP contribution >= 0.6 is 0 Å². The monoisotopic (exact) mass is 280 g/mol. The maximum absolute atomic E-state index is 11.8. The van der Waals surface area contributed by atoms with Gasteiger partial charge in [-0.25, -0.2) is 4.79 Å². The smallest absolute Gasteiger partial charge is 0.315 e. The molecule has 1 aliphatic rings. The molecule has 1 fully saturated rings. The molecule has 6 heteroatoms. The molecule has 2 atom stereocenters. The molecule has 1 saturated carbocycles. The van der Waals surface area contributed by atoms with E-state index in [9.17, 15) is 9.90 Å². The zero-order chi connectivity index (χ0) is 14.4. The van der Waals surface area contributed by atoms with Crippen molar-refractivity contribution in [2.45, 2.75) is 45.2 Å². The lowest BCUT2D eigenvalue weighted by molar-refractivity contribution is 0.121. The van der Waals surface area contributed by atoms with Crippen LogP contribution in [0.15, 0.2) is 18.5 Å². The summed E-state index contributed by atoms with van der Waals surface area (Å²) in [6, 6.07) is 1.81. The Bertz CT molecular complexity index is 421. The molecule has 0 bridgehead atoms. The third-order valence-electron chi connectivity index (χ3n) is 4.16. The molecule has 0 radical (unpaired) electrons. The molecule has 0 aromatic carbocycles. The van der Waals surface area contributed by atoms with Gasteiger partial charge in [0.05, 0.1) is 6.61 Å². The van der Waals surface area contributed by atoms with Crippen LogP contribution in [0.2, 0.25) is 0 Å². The maximum atomic E-state index is 11.8. The predicted molar refractivity (Wildman–Crippen MR) is 76.2 cm³/mol. The van der Waals surface area contributed by atoms with Crippen molar-refractivity contribution >= 4 is 6.03 Å². The van der Waals surface area contributed by atoms with Gasteiger partial charge in [-0.1, -0.05) is 13.3 Å². The van der Waals surface area contributed by atoms with Crippen molar-refractivity contribution in [1.29, 1.82) is 0 Å². The zero-order valence-corrected chi connectivity index (χ0v) is 12.0. The Labute approximate surface area is 119 Å². The molecule has 6 nitrogen and oxygen atoms in total. The summed E-state index contributed by atoms with van der Waals surface area (Å²) in [6.07, 6.45) is 7.46. The van der Waals surface area contributed by atoms with Gasteiger partial charge in [-0.2, -0.15) is 5.10 Å². The van der Waals surface area contributed by atoms with Crippen LogP contribution in [0, 0.1) is 5.41 Å². The number of aliphatic hydroxyl groups excluding tert-OH is 1.